The van der Waals surface area contributed by atoms with E-state index in [0.717, 1.165) is 19.5 Å². The molecule has 112 valence electrons. The van der Waals surface area contributed by atoms with Crippen LogP contribution >= 0.6 is 11.8 Å². The number of thioether (sulfide) groups is 1. The lowest BCUT2D eigenvalue weighted by Crippen LogP contribution is -2.54. The van der Waals surface area contributed by atoms with Crippen LogP contribution < -0.4 is 5.73 Å². The number of hydrogen-bond donors (Lipinski definition) is 1. The van der Waals surface area contributed by atoms with Crippen LogP contribution in [0.1, 0.15) is 32.8 Å². The maximum Gasteiger partial charge on any atom is 0.0344 e. The van der Waals surface area contributed by atoms with Crippen molar-refractivity contribution in [2.75, 3.05) is 25.4 Å². The smallest absolute Gasteiger partial charge is 0.0344 e. The van der Waals surface area contributed by atoms with E-state index < -0.39 is 0 Å². The van der Waals surface area contributed by atoms with E-state index in [2.05, 4.69) is 67.8 Å². The van der Waals surface area contributed by atoms with Gasteiger partial charge in [-0.3, -0.25) is 4.90 Å². The second kappa shape index (κ2) is 6.50. The first-order valence-electron chi connectivity index (χ1n) is 7.58. The first-order chi connectivity index (χ1) is 9.45. The van der Waals surface area contributed by atoms with E-state index in [9.17, 15) is 0 Å². The van der Waals surface area contributed by atoms with E-state index in [4.69, 9.17) is 5.73 Å². The summed E-state index contributed by atoms with van der Waals surface area (Å²) >= 11 is 2.10. The Morgan fingerprint density at radius 3 is 2.60 bits per heavy atom. The summed E-state index contributed by atoms with van der Waals surface area (Å²) in [6.45, 7) is 10.1. The van der Waals surface area contributed by atoms with E-state index in [1.54, 1.807) is 0 Å². The highest BCUT2D eigenvalue weighted by Crippen LogP contribution is 2.33. The normalized spacial score (nSPS) is 23.0. The summed E-state index contributed by atoms with van der Waals surface area (Å²) < 4.78 is 0.400. The van der Waals surface area contributed by atoms with Gasteiger partial charge in [-0.05, 0) is 25.3 Å². The summed E-state index contributed by atoms with van der Waals surface area (Å²) in [6, 6.07) is 10.7. The molecule has 1 atom stereocenters. The van der Waals surface area contributed by atoms with Crippen LogP contribution in [-0.2, 0) is 6.42 Å². The lowest BCUT2D eigenvalue weighted by atomic mass is 9.90. The van der Waals surface area contributed by atoms with E-state index in [1.807, 2.05) is 0 Å². The zero-order valence-electron chi connectivity index (χ0n) is 13.1. The Morgan fingerprint density at radius 2 is 1.95 bits per heavy atom. The molecule has 0 saturated carbocycles. The van der Waals surface area contributed by atoms with Gasteiger partial charge >= 0.3 is 0 Å². The van der Waals surface area contributed by atoms with Gasteiger partial charge in [0.05, 0.1) is 0 Å². The zero-order chi connectivity index (χ0) is 14.6. The Hall–Kier alpha value is -0.510. The highest BCUT2D eigenvalue weighted by Gasteiger charge is 2.34. The largest absolute Gasteiger partial charge is 0.329 e. The zero-order valence-corrected chi connectivity index (χ0v) is 13.9. The molecule has 1 saturated heterocycles. The quantitative estimate of drug-likeness (QED) is 0.924. The molecule has 1 aromatic carbocycles. The molecule has 1 fully saturated rings. The minimum absolute atomic E-state index is 0.0718. The van der Waals surface area contributed by atoms with Crippen LogP contribution in [0.2, 0.25) is 0 Å². The fourth-order valence-corrected chi connectivity index (χ4v) is 4.01. The molecule has 0 bridgehead atoms. The van der Waals surface area contributed by atoms with Crippen LogP contribution in [0.15, 0.2) is 30.3 Å². The maximum absolute atomic E-state index is 6.16. The van der Waals surface area contributed by atoms with Gasteiger partial charge in [-0.15, -0.1) is 0 Å². The summed E-state index contributed by atoms with van der Waals surface area (Å²) in [7, 11) is 0. The molecule has 3 heteroatoms. The van der Waals surface area contributed by atoms with Gasteiger partial charge in [-0.1, -0.05) is 44.2 Å². The maximum atomic E-state index is 6.16. The molecule has 2 nitrogen and oxygen atoms in total. The summed E-state index contributed by atoms with van der Waals surface area (Å²) in [5, 5.41) is 0. The van der Waals surface area contributed by atoms with Crippen molar-refractivity contribution >= 4 is 11.8 Å². The molecule has 2 rings (SSSR count). The molecule has 20 heavy (non-hydrogen) atoms. The Balaban J connectivity index is 2.09. The van der Waals surface area contributed by atoms with Gasteiger partial charge in [0.25, 0.3) is 0 Å². The summed E-state index contributed by atoms with van der Waals surface area (Å²) in [4.78, 5) is 2.61. The van der Waals surface area contributed by atoms with Gasteiger partial charge in [0.2, 0.25) is 0 Å². The summed E-state index contributed by atoms with van der Waals surface area (Å²) in [6.07, 6.45) is 2.28. The third-order valence-corrected chi connectivity index (χ3v) is 5.84. The molecule has 2 N–H and O–H groups in total. The lowest BCUT2D eigenvalue weighted by Gasteiger charge is -2.40. The van der Waals surface area contributed by atoms with Crippen molar-refractivity contribution in [2.24, 2.45) is 5.73 Å². The highest BCUT2D eigenvalue weighted by molar-refractivity contribution is 8.00. The molecular weight excluding hydrogens is 264 g/mol. The van der Waals surface area contributed by atoms with Crippen molar-refractivity contribution in [3.05, 3.63) is 35.9 Å². The average molecular weight is 292 g/mol. The summed E-state index contributed by atoms with van der Waals surface area (Å²) in [5.74, 6) is 1.21. The number of benzene rings is 1. The molecule has 0 aromatic heterocycles. The van der Waals surface area contributed by atoms with Gasteiger partial charge in [0.1, 0.15) is 0 Å². The van der Waals surface area contributed by atoms with Crippen LogP contribution in [0.5, 0.6) is 0 Å². The summed E-state index contributed by atoms with van der Waals surface area (Å²) in [5.41, 5.74) is 7.61. The topological polar surface area (TPSA) is 29.3 Å². The number of rotatable bonds is 4. The molecule has 1 aliphatic rings. The van der Waals surface area contributed by atoms with Crippen molar-refractivity contribution < 1.29 is 0 Å². The van der Waals surface area contributed by atoms with Gasteiger partial charge in [0, 0.05) is 35.7 Å². The first-order valence-corrected chi connectivity index (χ1v) is 8.57. The highest BCUT2D eigenvalue weighted by atomic mass is 32.2. The Labute approximate surface area is 128 Å². The molecule has 0 amide bonds. The van der Waals surface area contributed by atoms with Crippen LogP contribution in [0.25, 0.3) is 0 Å². The molecule has 0 radical (unpaired) electrons. The predicted molar refractivity (Wildman–Crippen MR) is 90.3 cm³/mol. The fraction of sp³-hybridized carbons (Fsp3) is 0.647. The van der Waals surface area contributed by atoms with Crippen LogP contribution in [0, 0.1) is 0 Å². The van der Waals surface area contributed by atoms with E-state index >= 15 is 0 Å². The van der Waals surface area contributed by atoms with Crippen molar-refractivity contribution in [1.29, 1.82) is 0 Å². The third kappa shape index (κ3) is 4.00. The third-order valence-electron chi connectivity index (χ3n) is 4.47. The Kier molecular flexibility index (Phi) is 5.16. The van der Waals surface area contributed by atoms with E-state index in [1.165, 1.54) is 17.7 Å². The van der Waals surface area contributed by atoms with Crippen LogP contribution in [-0.4, -0.2) is 40.6 Å². The van der Waals surface area contributed by atoms with Crippen molar-refractivity contribution in [3.63, 3.8) is 0 Å². The minimum atomic E-state index is 0.0718. The molecule has 1 aliphatic heterocycles. The second-order valence-electron chi connectivity index (χ2n) is 6.71. The van der Waals surface area contributed by atoms with Crippen molar-refractivity contribution in [3.8, 4) is 0 Å². The van der Waals surface area contributed by atoms with E-state index in [-0.39, 0.29) is 5.54 Å². The monoisotopic (exact) mass is 292 g/mol. The van der Waals surface area contributed by atoms with E-state index in [0.29, 0.717) is 11.3 Å². The number of hydrogen-bond acceptors (Lipinski definition) is 3. The molecular formula is C17H28N2S. The van der Waals surface area contributed by atoms with Crippen LogP contribution in [0.3, 0.4) is 0 Å². The molecule has 1 heterocycles. The van der Waals surface area contributed by atoms with Crippen molar-refractivity contribution in [2.45, 2.75) is 43.9 Å². The molecule has 1 aromatic rings. The SMILES string of the molecule is CC1(C)CCN(C(C)(CN)Cc2ccccc2)CCS1. The van der Waals surface area contributed by atoms with Gasteiger partial charge < -0.3 is 5.73 Å². The average Bonchev–Trinajstić information content (AvgIpc) is 2.61. The Morgan fingerprint density at radius 1 is 1.25 bits per heavy atom. The number of nitrogens with zero attached hydrogens (tertiary/aromatic N) is 1. The first kappa shape index (κ1) is 15.9. The standard InChI is InChI=1S/C17H28N2S/c1-16(2)9-10-19(11-12-20-16)17(3,14-18)13-15-7-5-4-6-8-15/h4-8H,9-14,18H2,1-3H3. The number of nitrogens with two attached hydrogens (primary N) is 1. The molecule has 1 unspecified atom stereocenters. The van der Waals surface area contributed by atoms with Gasteiger partial charge in [-0.2, -0.15) is 11.8 Å². The Bertz CT molecular complexity index is 418. The molecule has 0 spiro atoms. The van der Waals surface area contributed by atoms with Crippen molar-refractivity contribution in [1.82, 2.24) is 4.90 Å². The predicted octanol–water partition coefficient (Wildman–Crippen LogP) is 3.16. The van der Waals surface area contributed by atoms with Crippen LogP contribution in [0.4, 0.5) is 0 Å². The minimum Gasteiger partial charge on any atom is -0.329 e. The molecule has 0 aliphatic carbocycles. The lowest BCUT2D eigenvalue weighted by molar-refractivity contribution is 0.116. The second-order valence-corrected chi connectivity index (χ2v) is 8.51. The fourth-order valence-electron chi connectivity index (χ4n) is 2.91. The van der Waals surface area contributed by atoms with Gasteiger partial charge in [0.15, 0.2) is 0 Å². The van der Waals surface area contributed by atoms with Gasteiger partial charge in [-0.25, -0.2) is 0 Å².